The van der Waals surface area contributed by atoms with Crippen molar-refractivity contribution < 1.29 is 0 Å². The Morgan fingerprint density at radius 1 is 1.06 bits per heavy atom. The van der Waals surface area contributed by atoms with Crippen LogP contribution in [0, 0.1) is 0 Å². The third-order valence-corrected chi connectivity index (χ3v) is 3.92. The first-order chi connectivity index (χ1) is 8.84. The summed E-state index contributed by atoms with van der Waals surface area (Å²) in [5, 5.41) is 3.11. The van der Waals surface area contributed by atoms with Gasteiger partial charge in [-0.05, 0) is 12.1 Å². The molecule has 2 N–H and O–H groups in total. The zero-order valence-electron chi connectivity index (χ0n) is 9.99. The molecule has 1 aliphatic rings. The Morgan fingerprint density at radius 2 is 1.83 bits per heavy atom. The van der Waals surface area contributed by atoms with Gasteiger partial charge in [0.05, 0.1) is 5.69 Å². The first-order valence-electron chi connectivity index (χ1n) is 5.94. The molecular weight excluding hydrogens is 246 g/mol. The molecule has 0 radical (unpaired) electrons. The first kappa shape index (κ1) is 11.3. The summed E-state index contributed by atoms with van der Waals surface area (Å²) in [5.41, 5.74) is 6.70. The molecule has 18 heavy (non-hydrogen) atoms. The van der Waals surface area contributed by atoms with Gasteiger partial charge in [-0.2, -0.15) is 0 Å². The topological polar surface area (TPSA) is 58.3 Å². The van der Waals surface area contributed by atoms with E-state index < -0.39 is 0 Å². The number of thiazole rings is 1. The Kier molecular flexibility index (Phi) is 3.02. The summed E-state index contributed by atoms with van der Waals surface area (Å²) < 4.78 is 0. The number of anilines is 3. The summed E-state index contributed by atoms with van der Waals surface area (Å²) in [6, 6.07) is 3.76. The number of rotatable bonds is 2. The molecule has 0 atom stereocenters. The van der Waals surface area contributed by atoms with Crippen molar-refractivity contribution in [2.45, 2.75) is 0 Å². The number of nitrogen functional groups attached to an aromatic ring is 1. The molecule has 3 rings (SSSR count). The standard InChI is InChI=1S/C12H15N5S/c13-10-2-1-3-14-11(10)16-5-7-17(8-6-16)12-15-4-9-18-12/h1-4,9H,5-8,13H2. The normalized spacial score (nSPS) is 16.0. The Balaban J connectivity index is 1.69. The SMILES string of the molecule is Nc1cccnc1N1CCN(c2nccs2)CC1. The largest absolute Gasteiger partial charge is 0.396 e. The molecule has 0 unspecified atom stereocenters. The van der Waals surface area contributed by atoms with E-state index >= 15 is 0 Å². The van der Waals surface area contributed by atoms with Crippen LogP contribution in [0.25, 0.3) is 0 Å². The lowest BCUT2D eigenvalue weighted by atomic mass is 10.3. The number of piperazine rings is 1. The van der Waals surface area contributed by atoms with Crippen molar-refractivity contribution in [1.29, 1.82) is 0 Å². The van der Waals surface area contributed by atoms with Crippen LogP contribution in [0.3, 0.4) is 0 Å². The number of pyridine rings is 1. The summed E-state index contributed by atoms with van der Waals surface area (Å²) in [4.78, 5) is 13.2. The molecule has 5 nitrogen and oxygen atoms in total. The van der Waals surface area contributed by atoms with E-state index in [4.69, 9.17) is 5.73 Å². The van der Waals surface area contributed by atoms with Gasteiger partial charge in [0, 0.05) is 44.0 Å². The second-order valence-corrected chi connectivity index (χ2v) is 5.08. The van der Waals surface area contributed by atoms with E-state index in [1.807, 2.05) is 23.7 Å². The molecule has 0 amide bonds. The molecule has 94 valence electrons. The smallest absolute Gasteiger partial charge is 0.185 e. The molecule has 0 spiro atoms. The number of nitrogens with zero attached hydrogens (tertiary/aromatic N) is 4. The molecule has 0 aliphatic carbocycles. The molecule has 0 aromatic carbocycles. The van der Waals surface area contributed by atoms with E-state index in [-0.39, 0.29) is 0 Å². The zero-order valence-corrected chi connectivity index (χ0v) is 10.8. The summed E-state index contributed by atoms with van der Waals surface area (Å²) in [7, 11) is 0. The van der Waals surface area contributed by atoms with E-state index in [1.165, 1.54) is 0 Å². The summed E-state index contributed by atoms with van der Waals surface area (Å²) in [5.74, 6) is 0.899. The fourth-order valence-electron chi connectivity index (χ4n) is 2.16. The highest BCUT2D eigenvalue weighted by Gasteiger charge is 2.20. The summed E-state index contributed by atoms with van der Waals surface area (Å²) in [6.07, 6.45) is 3.64. The van der Waals surface area contributed by atoms with Gasteiger partial charge in [-0.25, -0.2) is 9.97 Å². The van der Waals surface area contributed by atoms with Crippen molar-refractivity contribution in [3.63, 3.8) is 0 Å². The fourth-order valence-corrected chi connectivity index (χ4v) is 2.85. The van der Waals surface area contributed by atoms with Crippen molar-refractivity contribution in [3.05, 3.63) is 29.9 Å². The van der Waals surface area contributed by atoms with Crippen LogP contribution in [0.15, 0.2) is 29.9 Å². The zero-order chi connectivity index (χ0) is 12.4. The third kappa shape index (κ3) is 2.11. The molecule has 2 aromatic rings. The van der Waals surface area contributed by atoms with Gasteiger partial charge in [-0.3, -0.25) is 0 Å². The number of nitrogens with two attached hydrogens (primary N) is 1. The first-order valence-corrected chi connectivity index (χ1v) is 6.82. The molecule has 1 fully saturated rings. The lowest BCUT2D eigenvalue weighted by molar-refractivity contribution is 0.647. The maximum atomic E-state index is 5.95. The highest BCUT2D eigenvalue weighted by atomic mass is 32.1. The van der Waals surface area contributed by atoms with Gasteiger partial charge < -0.3 is 15.5 Å². The van der Waals surface area contributed by atoms with Crippen molar-refractivity contribution in [1.82, 2.24) is 9.97 Å². The Labute approximate surface area is 110 Å². The van der Waals surface area contributed by atoms with Gasteiger partial charge >= 0.3 is 0 Å². The van der Waals surface area contributed by atoms with Gasteiger partial charge in [-0.1, -0.05) is 0 Å². The number of hydrogen-bond acceptors (Lipinski definition) is 6. The molecule has 0 saturated carbocycles. The second kappa shape index (κ2) is 4.81. The average Bonchev–Trinajstić information content (AvgIpc) is 2.94. The van der Waals surface area contributed by atoms with Crippen LogP contribution in [-0.2, 0) is 0 Å². The number of hydrogen-bond donors (Lipinski definition) is 1. The minimum atomic E-state index is 0.750. The van der Waals surface area contributed by atoms with Crippen LogP contribution in [0.1, 0.15) is 0 Å². The van der Waals surface area contributed by atoms with Gasteiger partial charge in [0.15, 0.2) is 10.9 Å². The lowest BCUT2D eigenvalue weighted by Gasteiger charge is -2.35. The maximum absolute atomic E-state index is 5.95. The van der Waals surface area contributed by atoms with E-state index in [0.717, 1.165) is 42.8 Å². The van der Waals surface area contributed by atoms with Crippen LogP contribution in [0.5, 0.6) is 0 Å². The minimum Gasteiger partial charge on any atom is -0.396 e. The predicted octanol–water partition coefficient (Wildman–Crippen LogP) is 1.45. The highest BCUT2D eigenvalue weighted by Crippen LogP contribution is 2.23. The van der Waals surface area contributed by atoms with Crippen molar-refractivity contribution >= 4 is 28.0 Å². The maximum Gasteiger partial charge on any atom is 0.185 e. The Morgan fingerprint density at radius 3 is 2.50 bits per heavy atom. The average molecular weight is 261 g/mol. The number of aromatic nitrogens is 2. The molecule has 1 saturated heterocycles. The molecule has 6 heteroatoms. The van der Waals surface area contributed by atoms with Crippen LogP contribution >= 0.6 is 11.3 Å². The van der Waals surface area contributed by atoms with Crippen LogP contribution in [0.2, 0.25) is 0 Å². The summed E-state index contributed by atoms with van der Waals surface area (Å²) >= 11 is 1.69. The third-order valence-electron chi connectivity index (χ3n) is 3.09. The Bertz CT molecular complexity index is 505. The van der Waals surface area contributed by atoms with Crippen molar-refractivity contribution in [2.24, 2.45) is 0 Å². The highest BCUT2D eigenvalue weighted by molar-refractivity contribution is 7.13. The fraction of sp³-hybridized carbons (Fsp3) is 0.333. The van der Waals surface area contributed by atoms with E-state index in [9.17, 15) is 0 Å². The quantitative estimate of drug-likeness (QED) is 0.886. The van der Waals surface area contributed by atoms with Crippen LogP contribution < -0.4 is 15.5 Å². The second-order valence-electron chi connectivity index (χ2n) is 4.21. The molecule has 2 aromatic heterocycles. The van der Waals surface area contributed by atoms with Gasteiger partial charge in [0.2, 0.25) is 0 Å². The Hall–Kier alpha value is -1.82. The van der Waals surface area contributed by atoms with Crippen LogP contribution in [0.4, 0.5) is 16.6 Å². The molecular formula is C12H15N5S. The van der Waals surface area contributed by atoms with Gasteiger partial charge in [0.25, 0.3) is 0 Å². The van der Waals surface area contributed by atoms with E-state index in [1.54, 1.807) is 17.5 Å². The lowest BCUT2D eigenvalue weighted by Crippen LogP contribution is -2.47. The van der Waals surface area contributed by atoms with Crippen molar-refractivity contribution in [2.75, 3.05) is 41.7 Å². The molecule has 0 bridgehead atoms. The molecule has 3 heterocycles. The van der Waals surface area contributed by atoms with Crippen LogP contribution in [-0.4, -0.2) is 36.1 Å². The van der Waals surface area contributed by atoms with Gasteiger partial charge in [-0.15, -0.1) is 11.3 Å². The monoisotopic (exact) mass is 261 g/mol. The van der Waals surface area contributed by atoms with E-state index in [0.29, 0.717) is 0 Å². The van der Waals surface area contributed by atoms with E-state index in [2.05, 4.69) is 19.8 Å². The minimum absolute atomic E-state index is 0.750. The molecule has 1 aliphatic heterocycles. The van der Waals surface area contributed by atoms with Crippen molar-refractivity contribution in [3.8, 4) is 0 Å². The summed E-state index contributed by atoms with van der Waals surface area (Å²) in [6.45, 7) is 3.79. The predicted molar refractivity (Wildman–Crippen MR) is 75.2 cm³/mol. The van der Waals surface area contributed by atoms with Gasteiger partial charge in [0.1, 0.15) is 0 Å².